The van der Waals surface area contributed by atoms with Gasteiger partial charge in [-0.3, -0.25) is 13.8 Å². The van der Waals surface area contributed by atoms with Gasteiger partial charge in [-0.15, -0.1) is 11.3 Å². The molecule has 0 bridgehead atoms. The summed E-state index contributed by atoms with van der Waals surface area (Å²) < 4.78 is 17.0. The van der Waals surface area contributed by atoms with Gasteiger partial charge in [-0.05, 0) is 24.6 Å². The predicted octanol–water partition coefficient (Wildman–Crippen LogP) is 1.83. The van der Waals surface area contributed by atoms with Crippen LogP contribution >= 0.6 is 11.3 Å². The Hall–Kier alpha value is -2.59. The van der Waals surface area contributed by atoms with Crippen molar-refractivity contribution in [2.24, 2.45) is 0 Å². The Morgan fingerprint density at radius 2 is 2.11 bits per heavy atom. The van der Waals surface area contributed by atoms with E-state index in [1.165, 1.54) is 12.1 Å². The molecule has 1 unspecified atom stereocenters. The van der Waals surface area contributed by atoms with E-state index in [-0.39, 0.29) is 30.1 Å². The van der Waals surface area contributed by atoms with Gasteiger partial charge in [0.05, 0.1) is 24.3 Å². The molecular weight excluding hydrogens is 392 g/mol. The van der Waals surface area contributed by atoms with Crippen molar-refractivity contribution in [3.63, 3.8) is 0 Å². The number of thiazole rings is 1. The molecule has 1 amide bonds. The Kier molecular flexibility index (Phi) is 7.62. The number of esters is 1. The summed E-state index contributed by atoms with van der Waals surface area (Å²) in [6.45, 7) is 2.00. The number of aromatic carboxylic acids is 1. The number of hydrogen-bond donors (Lipinski definition) is 2. The first kappa shape index (κ1) is 20.7. The quantitative estimate of drug-likeness (QED) is 0.605. The molecule has 0 aliphatic heterocycles. The van der Waals surface area contributed by atoms with E-state index in [1.807, 2.05) is 0 Å². The van der Waals surface area contributed by atoms with Crippen LogP contribution in [0.25, 0.3) is 0 Å². The van der Waals surface area contributed by atoms with Gasteiger partial charge in [0.1, 0.15) is 5.75 Å². The Morgan fingerprint density at radius 3 is 2.81 bits per heavy atom. The zero-order chi connectivity index (χ0) is 19.8. The smallest absolute Gasteiger partial charge is 0.335 e. The number of carboxylic acids is 1. The molecule has 0 fully saturated rings. The number of carbonyl (C=O) groups excluding carboxylic acids is 2. The summed E-state index contributed by atoms with van der Waals surface area (Å²) in [5.74, 6) is -2.11. The van der Waals surface area contributed by atoms with Crippen molar-refractivity contribution in [3.8, 4) is 0 Å². The lowest BCUT2D eigenvalue weighted by atomic mass is 10.1. The molecule has 0 aliphatic carbocycles. The van der Waals surface area contributed by atoms with Gasteiger partial charge in [0.2, 0.25) is 5.91 Å². The maximum atomic E-state index is 12.1. The molecule has 144 valence electrons. The Morgan fingerprint density at radius 1 is 1.33 bits per heavy atom. The van der Waals surface area contributed by atoms with Gasteiger partial charge >= 0.3 is 11.9 Å². The summed E-state index contributed by atoms with van der Waals surface area (Å²) in [6, 6.07) is 6.10. The number of aromatic nitrogens is 1. The standard InChI is InChI=1S/C17H18N2O6S2/c1-2-25-15(21)7-13-8-26-17(18-13)19-14(20)10-27(24)9-11-4-3-5-12(6-11)16(22)23/h3-6,8H,2,7,9-10H2,1H3,(H,22,23)(H,18,19,20). The van der Waals surface area contributed by atoms with Gasteiger partial charge in [0.25, 0.3) is 0 Å². The average molecular weight is 410 g/mol. The van der Waals surface area contributed by atoms with E-state index < -0.39 is 28.6 Å². The summed E-state index contributed by atoms with van der Waals surface area (Å²) in [5.41, 5.74) is 1.17. The number of ether oxygens (including phenoxy) is 1. The van der Waals surface area contributed by atoms with Crippen LogP contribution < -0.4 is 5.32 Å². The van der Waals surface area contributed by atoms with Crippen molar-refractivity contribution in [2.45, 2.75) is 19.1 Å². The summed E-state index contributed by atoms with van der Waals surface area (Å²) in [4.78, 5) is 38.5. The lowest BCUT2D eigenvalue weighted by Gasteiger charge is -2.04. The van der Waals surface area contributed by atoms with Crippen LogP contribution in [0.3, 0.4) is 0 Å². The lowest BCUT2D eigenvalue weighted by Crippen LogP contribution is -2.20. The van der Waals surface area contributed by atoms with Gasteiger partial charge in [-0.25, -0.2) is 9.78 Å². The molecule has 8 nitrogen and oxygen atoms in total. The van der Waals surface area contributed by atoms with Crippen LogP contribution in [0.5, 0.6) is 0 Å². The Bertz CT molecular complexity index is 865. The largest absolute Gasteiger partial charge is 0.478 e. The van der Waals surface area contributed by atoms with Crippen molar-refractivity contribution < 1.29 is 28.4 Å². The van der Waals surface area contributed by atoms with Gasteiger partial charge in [-0.2, -0.15) is 0 Å². The highest BCUT2D eigenvalue weighted by atomic mass is 32.2. The number of nitrogens with one attached hydrogen (secondary N) is 1. The lowest BCUT2D eigenvalue weighted by molar-refractivity contribution is -0.142. The van der Waals surface area contributed by atoms with Crippen LogP contribution in [0.15, 0.2) is 29.6 Å². The molecule has 0 saturated heterocycles. The molecular formula is C17H18N2O6S2. The topological polar surface area (TPSA) is 123 Å². The van der Waals surface area contributed by atoms with E-state index in [1.54, 1.807) is 24.4 Å². The molecule has 1 aromatic carbocycles. The van der Waals surface area contributed by atoms with Crippen LogP contribution in [-0.2, 0) is 37.3 Å². The molecule has 1 heterocycles. The number of benzene rings is 1. The molecule has 0 spiro atoms. The minimum atomic E-state index is -1.50. The van der Waals surface area contributed by atoms with Gasteiger partial charge in [0.15, 0.2) is 5.13 Å². The van der Waals surface area contributed by atoms with E-state index in [9.17, 15) is 18.6 Å². The number of carboxylic acid groups (broad SMARTS) is 1. The van der Waals surface area contributed by atoms with Gasteiger partial charge in [-0.1, -0.05) is 12.1 Å². The van der Waals surface area contributed by atoms with Gasteiger partial charge < -0.3 is 15.2 Å². The molecule has 2 N–H and O–H groups in total. The zero-order valence-corrected chi connectivity index (χ0v) is 16.1. The third-order valence-corrected chi connectivity index (χ3v) is 5.27. The summed E-state index contributed by atoms with van der Waals surface area (Å²) in [5, 5.41) is 13.5. The average Bonchev–Trinajstić information content (AvgIpc) is 3.01. The highest BCUT2D eigenvalue weighted by Crippen LogP contribution is 2.16. The fraction of sp³-hybridized carbons (Fsp3) is 0.294. The molecule has 2 rings (SSSR count). The van der Waals surface area contributed by atoms with E-state index in [0.29, 0.717) is 16.4 Å². The van der Waals surface area contributed by atoms with Crippen molar-refractivity contribution in [2.75, 3.05) is 17.7 Å². The minimum Gasteiger partial charge on any atom is -0.478 e. The second-order valence-electron chi connectivity index (χ2n) is 5.41. The number of anilines is 1. The maximum Gasteiger partial charge on any atom is 0.335 e. The predicted molar refractivity (Wildman–Crippen MR) is 101 cm³/mol. The molecule has 10 heteroatoms. The number of amides is 1. The third kappa shape index (κ3) is 6.91. The van der Waals surface area contributed by atoms with Crippen molar-refractivity contribution in [1.82, 2.24) is 4.98 Å². The van der Waals surface area contributed by atoms with Crippen LogP contribution in [0, 0.1) is 0 Å². The number of carbonyl (C=O) groups is 3. The third-order valence-electron chi connectivity index (χ3n) is 3.22. The van der Waals surface area contributed by atoms with Crippen molar-refractivity contribution >= 4 is 45.1 Å². The Labute approximate surface area is 162 Å². The van der Waals surface area contributed by atoms with Crippen LogP contribution in [0.1, 0.15) is 28.5 Å². The number of nitrogens with zero attached hydrogens (tertiary/aromatic N) is 1. The molecule has 0 aliphatic rings. The molecule has 0 saturated carbocycles. The minimum absolute atomic E-state index is 0.0199. The number of hydrogen-bond acceptors (Lipinski definition) is 7. The molecule has 1 aromatic heterocycles. The van der Waals surface area contributed by atoms with E-state index in [2.05, 4.69) is 10.3 Å². The fourth-order valence-electron chi connectivity index (χ4n) is 2.14. The summed E-state index contributed by atoms with van der Waals surface area (Å²) in [6.07, 6.45) is 0.0199. The first-order valence-electron chi connectivity index (χ1n) is 7.94. The molecule has 1 atom stereocenters. The molecule has 0 radical (unpaired) electrons. The van der Waals surface area contributed by atoms with Crippen LogP contribution in [0.4, 0.5) is 5.13 Å². The van der Waals surface area contributed by atoms with E-state index in [0.717, 1.165) is 11.3 Å². The zero-order valence-electron chi connectivity index (χ0n) is 14.5. The second-order valence-corrected chi connectivity index (χ2v) is 7.72. The van der Waals surface area contributed by atoms with Crippen molar-refractivity contribution in [1.29, 1.82) is 0 Å². The van der Waals surface area contributed by atoms with Crippen LogP contribution in [-0.4, -0.2) is 44.5 Å². The maximum absolute atomic E-state index is 12.1. The van der Waals surface area contributed by atoms with Crippen LogP contribution in [0.2, 0.25) is 0 Å². The SMILES string of the molecule is CCOC(=O)Cc1csc(NC(=O)CS(=O)Cc2cccc(C(=O)O)c2)n1. The molecule has 27 heavy (non-hydrogen) atoms. The number of rotatable bonds is 9. The monoisotopic (exact) mass is 410 g/mol. The van der Waals surface area contributed by atoms with Gasteiger partial charge in [0, 0.05) is 21.9 Å². The second kappa shape index (κ2) is 9.93. The first-order chi connectivity index (χ1) is 12.9. The summed E-state index contributed by atoms with van der Waals surface area (Å²) >= 11 is 1.16. The summed E-state index contributed by atoms with van der Waals surface area (Å²) in [7, 11) is -1.50. The van der Waals surface area contributed by atoms with Crippen molar-refractivity contribution in [3.05, 3.63) is 46.5 Å². The highest BCUT2D eigenvalue weighted by Gasteiger charge is 2.13. The van der Waals surface area contributed by atoms with E-state index in [4.69, 9.17) is 9.84 Å². The fourth-order valence-corrected chi connectivity index (χ4v) is 3.88. The Balaban J connectivity index is 1.85. The highest BCUT2D eigenvalue weighted by molar-refractivity contribution is 7.84. The normalized spacial score (nSPS) is 11.6. The van der Waals surface area contributed by atoms with E-state index >= 15 is 0 Å². The first-order valence-corrected chi connectivity index (χ1v) is 10.3. The molecule has 2 aromatic rings.